The number of hydrogen-bond donors (Lipinski definition) is 0. The molecule has 0 saturated carbocycles. The van der Waals surface area contributed by atoms with Gasteiger partial charge in [0.1, 0.15) is 5.75 Å². The number of hydrogen-bond acceptors (Lipinski definition) is 6. The van der Waals surface area contributed by atoms with Crippen molar-refractivity contribution in [1.82, 2.24) is 14.4 Å². The Labute approximate surface area is 167 Å². The fraction of sp³-hybridized carbons (Fsp3) is 0.263. The van der Waals surface area contributed by atoms with Crippen molar-refractivity contribution in [3.05, 3.63) is 70.8 Å². The zero-order valence-electron chi connectivity index (χ0n) is 15.1. The van der Waals surface area contributed by atoms with E-state index >= 15 is 0 Å². The van der Waals surface area contributed by atoms with Crippen molar-refractivity contribution in [1.29, 1.82) is 0 Å². The smallest absolute Gasteiger partial charge is 0.243 e. The van der Waals surface area contributed by atoms with Gasteiger partial charge in [0.25, 0.3) is 0 Å². The molecule has 1 aliphatic rings. The van der Waals surface area contributed by atoms with Gasteiger partial charge in [-0.1, -0.05) is 41.0 Å². The summed E-state index contributed by atoms with van der Waals surface area (Å²) in [7, 11) is -3.60. The van der Waals surface area contributed by atoms with Crippen LogP contribution in [0.2, 0.25) is 5.02 Å². The zero-order valence-corrected chi connectivity index (χ0v) is 16.7. The maximum Gasteiger partial charge on any atom is 0.243 e. The number of para-hydroxylation sites is 1. The van der Waals surface area contributed by atoms with Crippen molar-refractivity contribution in [3.8, 4) is 5.75 Å². The number of sulfonamides is 1. The molecule has 1 fully saturated rings. The minimum Gasteiger partial charge on any atom is -0.485 e. The van der Waals surface area contributed by atoms with Gasteiger partial charge < -0.3 is 9.26 Å². The summed E-state index contributed by atoms with van der Waals surface area (Å²) in [5.74, 6) is 1.42. The zero-order chi connectivity index (χ0) is 19.7. The SMILES string of the molecule is Cc1c(Cl)cccc1S(=O)(=O)N1CC(c2nc(COc3ccccc3)no2)C1. The van der Waals surface area contributed by atoms with Crippen LogP contribution in [0.25, 0.3) is 0 Å². The lowest BCUT2D eigenvalue weighted by molar-refractivity contribution is 0.215. The highest BCUT2D eigenvalue weighted by Crippen LogP contribution is 2.33. The third kappa shape index (κ3) is 3.63. The van der Waals surface area contributed by atoms with Crippen molar-refractivity contribution in [2.45, 2.75) is 24.3 Å². The van der Waals surface area contributed by atoms with E-state index in [0.717, 1.165) is 0 Å². The monoisotopic (exact) mass is 419 g/mol. The highest BCUT2D eigenvalue weighted by molar-refractivity contribution is 7.89. The lowest BCUT2D eigenvalue weighted by atomic mass is 10.0. The van der Waals surface area contributed by atoms with Crippen LogP contribution in [0.5, 0.6) is 5.75 Å². The van der Waals surface area contributed by atoms with Crippen molar-refractivity contribution in [2.75, 3.05) is 13.1 Å². The summed E-state index contributed by atoms with van der Waals surface area (Å²) in [6, 6.07) is 14.2. The fourth-order valence-corrected chi connectivity index (χ4v) is 4.96. The normalized spacial score (nSPS) is 15.4. The Morgan fingerprint density at radius 3 is 2.68 bits per heavy atom. The first-order chi connectivity index (χ1) is 13.4. The predicted molar refractivity (Wildman–Crippen MR) is 103 cm³/mol. The first-order valence-electron chi connectivity index (χ1n) is 8.71. The van der Waals surface area contributed by atoms with Gasteiger partial charge in [0.05, 0.1) is 10.8 Å². The summed E-state index contributed by atoms with van der Waals surface area (Å²) in [5.41, 5.74) is 0.547. The van der Waals surface area contributed by atoms with Crippen LogP contribution in [0.15, 0.2) is 57.9 Å². The molecule has 2 aromatic carbocycles. The Hall–Kier alpha value is -2.42. The average Bonchev–Trinajstić information content (AvgIpc) is 3.10. The van der Waals surface area contributed by atoms with E-state index in [4.69, 9.17) is 20.9 Å². The van der Waals surface area contributed by atoms with E-state index in [1.807, 2.05) is 30.3 Å². The molecule has 0 unspecified atom stereocenters. The Bertz CT molecular complexity index is 1080. The number of nitrogens with zero attached hydrogens (tertiary/aromatic N) is 3. The van der Waals surface area contributed by atoms with Crippen molar-refractivity contribution in [3.63, 3.8) is 0 Å². The number of rotatable bonds is 6. The molecule has 3 aromatic rings. The van der Waals surface area contributed by atoms with Gasteiger partial charge >= 0.3 is 0 Å². The van der Waals surface area contributed by atoms with Crippen molar-refractivity contribution >= 4 is 21.6 Å². The molecule has 0 N–H and O–H groups in total. The first kappa shape index (κ1) is 18.9. The van der Waals surface area contributed by atoms with Crippen LogP contribution >= 0.6 is 11.6 Å². The summed E-state index contributed by atoms with van der Waals surface area (Å²) < 4.78 is 37.9. The van der Waals surface area contributed by atoms with Crippen molar-refractivity contribution < 1.29 is 17.7 Å². The van der Waals surface area contributed by atoms with Gasteiger partial charge in [-0.25, -0.2) is 8.42 Å². The highest BCUT2D eigenvalue weighted by Gasteiger charge is 2.41. The second kappa shape index (κ2) is 7.54. The summed E-state index contributed by atoms with van der Waals surface area (Å²) in [6.07, 6.45) is 0. The van der Waals surface area contributed by atoms with Gasteiger partial charge in [0.15, 0.2) is 6.61 Å². The molecule has 2 heterocycles. The maximum absolute atomic E-state index is 12.8. The third-order valence-corrected chi connectivity index (χ3v) is 7.01. The van der Waals surface area contributed by atoms with Gasteiger partial charge in [0, 0.05) is 18.1 Å². The molecule has 0 atom stereocenters. The largest absolute Gasteiger partial charge is 0.485 e. The lowest BCUT2D eigenvalue weighted by Gasteiger charge is -2.36. The highest BCUT2D eigenvalue weighted by atomic mass is 35.5. The topological polar surface area (TPSA) is 85.5 Å². The van der Waals surface area contributed by atoms with E-state index in [9.17, 15) is 8.42 Å². The standard InChI is InChI=1S/C19H18ClN3O4S/c1-13-16(20)8-5-9-17(13)28(24,25)23-10-14(11-23)19-21-18(22-27-19)12-26-15-6-3-2-4-7-15/h2-9,14H,10-12H2,1H3. The lowest BCUT2D eigenvalue weighted by Crippen LogP contribution is -2.48. The molecule has 1 saturated heterocycles. The van der Waals surface area contributed by atoms with Crippen LogP contribution in [0.3, 0.4) is 0 Å². The molecule has 1 aromatic heterocycles. The molecule has 0 bridgehead atoms. The molecule has 1 aliphatic heterocycles. The van der Waals surface area contributed by atoms with Crippen LogP contribution in [-0.2, 0) is 16.6 Å². The van der Waals surface area contributed by atoms with Crippen LogP contribution < -0.4 is 4.74 Å². The molecule has 146 valence electrons. The van der Waals surface area contributed by atoms with Gasteiger partial charge in [-0.05, 0) is 36.8 Å². The molecule has 0 aliphatic carbocycles. The van der Waals surface area contributed by atoms with Gasteiger partial charge in [-0.15, -0.1) is 0 Å². The molecular formula is C19H18ClN3O4S. The van der Waals surface area contributed by atoms with Gasteiger partial charge in [0.2, 0.25) is 21.7 Å². The van der Waals surface area contributed by atoms with Gasteiger partial charge in [-0.3, -0.25) is 0 Å². The second-order valence-corrected chi connectivity index (χ2v) is 8.85. The van der Waals surface area contributed by atoms with Crippen LogP contribution in [-0.4, -0.2) is 36.0 Å². The van der Waals surface area contributed by atoms with E-state index < -0.39 is 10.0 Å². The van der Waals surface area contributed by atoms with E-state index in [1.54, 1.807) is 25.1 Å². The number of ether oxygens (including phenoxy) is 1. The minimum absolute atomic E-state index is 0.132. The number of halogens is 1. The van der Waals surface area contributed by atoms with E-state index in [0.29, 0.717) is 28.1 Å². The third-order valence-electron chi connectivity index (χ3n) is 4.63. The molecule has 28 heavy (non-hydrogen) atoms. The van der Waals surface area contributed by atoms with Crippen molar-refractivity contribution in [2.24, 2.45) is 0 Å². The Morgan fingerprint density at radius 1 is 1.18 bits per heavy atom. The molecule has 0 amide bonds. The first-order valence-corrected chi connectivity index (χ1v) is 10.5. The molecule has 9 heteroatoms. The Balaban J connectivity index is 1.39. The molecule has 0 radical (unpaired) electrons. The molecule has 7 nitrogen and oxygen atoms in total. The van der Waals surface area contributed by atoms with Crippen LogP contribution in [0.4, 0.5) is 0 Å². The Morgan fingerprint density at radius 2 is 1.93 bits per heavy atom. The van der Waals surface area contributed by atoms with E-state index in [-0.39, 0.29) is 30.5 Å². The second-order valence-electron chi connectivity index (χ2n) is 6.53. The van der Waals surface area contributed by atoms with E-state index in [2.05, 4.69) is 10.1 Å². The minimum atomic E-state index is -3.60. The number of aromatic nitrogens is 2. The summed E-state index contributed by atoms with van der Waals surface area (Å²) >= 11 is 6.06. The number of benzene rings is 2. The quantitative estimate of drug-likeness (QED) is 0.608. The predicted octanol–water partition coefficient (Wildman–Crippen LogP) is 3.40. The van der Waals surface area contributed by atoms with E-state index in [1.165, 1.54) is 4.31 Å². The maximum atomic E-state index is 12.8. The van der Waals surface area contributed by atoms with Crippen LogP contribution in [0.1, 0.15) is 23.2 Å². The molecular weight excluding hydrogens is 402 g/mol. The average molecular weight is 420 g/mol. The summed E-state index contributed by atoms with van der Waals surface area (Å²) in [6.45, 7) is 2.46. The summed E-state index contributed by atoms with van der Waals surface area (Å²) in [4.78, 5) is 4.55. The molecule has 0 spiro atoms. The fourth-order valence-electron chi connectivity index (χ4n) is 2.95. The Kier molecular flexibility index (Phi) is 5.09. The van der Waals surface area contributed by atoms with Gasteiger partial charge in [-0.2, -0.15) is 9.29 Å². The van der Waals surface area contributed by atoms with Crippen LogP contribution in [0, 0.1) is 6.92 Å². The molecule has 4 rings (SSSR count). The summed E-state index contributed by atoms with van der Waals surface area (Å²) in [5, 5.41) is 4.34.